The Kier molecular flexibility index (Phi) is 7.45. The Labute approximate surface area is 346 Å². The molecule has 2 aromatic heterocycles. The minimum atomic E-state index is -3.65. The predicted octanol–water partition coefficient (Wildman–Crippen LogP) is 10.6. The van der Waals surface area contributed by atoms with Crippen LogP contribution in [0.1, 0.15) is 25.0 Å². The molecule has 0 saturated carbocycles. The Bertz CT molecular complexity index is 3240. The van der Waals surface area contributed by atoms with Crippen molar-refractivity contribution in [2.75, 3.05) is 0 Å². The van der Waals surface area contributed by atoms with Crippen LogP contribution in [0.5, 0.6) is 0 Å². The average molecular weight is 815 g/mol. The topological polar surface area (TPSA) is 30.7 Å². The molecule has 278 valence electrons. The molecule has 0 bridgehead atoms. The van der Waals surface area contributed by atoms with Crippen molar-refractivity contribution in [2.45, 2.75) is 19.3 Å². The van der Waals surface area contributed by atoms with Crippen LogP contribution < -0.4 is 17.7 Å². The number of rotatable bonds is 5. The molecular weight excluding hydrogens is 775 g/mol. The SMILES string of the molecule is CC1(C)c2ccccc2-c2c1ccc1c2c2ccccc2n1-c1ccc(-c2nc(-c3ccccc3)c3[c](n2)[Ge]([c]2ccccc2)([c]2ccccc2)[c]2ccccc2-3)cc1. The van der Waals surface area contributed by atoms with Crippen molar-refractivity contribution in [1.29, 1.82) is 0 Å². The monoisotopic (exact) mass is 815 g/mol. The van der Waals surface area contributed by atoms with E-state index in [1.807, 2.05) is 0 Å². The van der Waals surface area contributed by atoms with Crippen LogP contribution in [0.4, 0.5) is 0 Å². The first-order valence-corrected chi connectivity index (χ1v) is 24.7. The van der Waals surface area contributed by atoms with Crippen molar-refractivity contribution in [3.05, 3.63) is 211 Å². The molecule has 0 saturated heterocycles. The van der Waals surface area contributed by atoms with Crippen LogP contribution in [0.15, 0.2) is 200 Å². The standard InChI is InChI=1S/C55H39GeN3/c1-55(2)44-27-15-12-24-41(44)49-45(55)34-35-48-50(49)43-26-14-17-29-47(43)59(48)40-32-30-37(31-33-40)54-57-52(36-18-6-3-7-19-36)51-42-25-13-16-28-46(42)56(53(51)58-54,38-20-8-4-9-21-38)39-22-10-5-11-23-39/h3-35H,1-2H3. The molecule has 0 fully saturated rings. The number of hydrogen-bond acceptors (Lipinski definition) is 2. The summed E-state index contributed by atoms with van der Waals surface area (Å²) in [5, 5.41) is 2.59. The molecule has 1 aliphatic heterocycles. The molecule has 4 heteroatoms. The molecule has 1 aliphatic carbocycles. The van der Waals surface area contributed by atoms with Gasteiger partial charge in [-0.05, 0) is 5.56 Å². The summed E-state index contributed by atoms with van der Waals surface area (Å²) >= 11 is -3.65. The molecule has 0 atom stereocenters. The van der Waals surface area contributed by atoms with Crippen molar-refractivity contribution in [3.8, 4) is 50.6 Å². The Morgan fingerprint density at radius 3 is 1.80 bits per heavy atom. The second-order valence-corrected chi connectivity index (χ2v) is 24.2. The number of aromatic nitrogens is 3. The third-order valence-electron chi connectivity index (χ3n) is 13.1. The van der Waals surface area contributed by atoms with Crippen LogP contribution in [-0.2, 0) is 5.41 Å². The fraction of sp³-hybridized carbons (Fsp3) is 0.0545. The van der Waals surface area contributed by atoms with Gasteiger partial charge in [0.05, 0.1) is 0 Å². The Morgan fingerprint density at radius 2 is 1.07 bits per heavy atom. The first-order chi connectivity index (χ1) is 29.0. The molecule has 0 spiro atoms. The third kappa shape index (κ3) is 4.77. The van der Waals surface area contributed by atoms with Gasteiger partial charge in [0.1, 0.15) is 0 Å². The molecule has 59 heavy (non-hydrogen) atoms. The average Bonchev–Trinajstić information content (AvgIpc) is 3.88. The van der Waals surface area contributed by atoms with Gasteiger partial charge in [0.15, 0.2) is 0 Å². The van der Waals surface area contributed by atoms with E-state index in [-0.39, 0.29) is 5.41 Å². The zero-order chi connectivity index (χ0) is 39.3. The summed E-state index contributed by atoms with van der Waals surface area (Å²) in [7, 11) is 0. The summed E-state index contributed by atoms with van der Waals surface area (Å²) in [5.41, 5.74) is 14.5. The molecule has 12 rings (SSSR count). The van der Waals surface area contributed by atoms with E-state index in [1.54, 1.807) is 0 Å². The number of fused-ring (bicyclic) bond motifs is 10. The molecule has 0 unspecified atom stereocenters. The van der Waals surface area contributed by atoms with Crippen molar-refractivity contribution in [3.63, 3.8) is 0 Å². The molecular formula is C55H39GeN3. The number of benzene rings is 8. The second-order valence-electron chi connectivity index (χ2n) is 16.5. The first-order valence-electron chi connectivity index (χ1n) is 20.5. The molecule has 0 N–H and O–H groups in total. The minimum absolute atomic E-state index is 0.0662. The van der Waals surface area contributed by atoms with Gasteiger partial charge in [0.25, 0.3) is 0 Å². The molecule has 0 amide bonds. The molecule has 8 aromatic carbocycles. The maximum atomic E-state index is 5.76. The van der Waals surface area contributed by atoms with Crippen LogP contribution in [-0.4, -0.2) is 27.8 Å². The maximum absolute atomic E-state index is 5.76. The van der Waals surface area contributed by atoms with Crippen molar-refractivity contribution >= 4 is 52.8 Å². The molecule has 3 heterocycles. The van der Waals surface area contributed by atoms with Crippen LogP contribution in [0.2, 0.25) is 0 Å². The van der Waals surface area contributed by atoms with E-state index in [4.69, 9.17) is 9.97 Å². The van der Waals surface area contributed by atoms with Gasteiger partial charge >= 0.3 is 299 Å². The number of nitrogens with zero attached hydrogens (tertiary/aromatic N) is 3. The first kappa shape index (κ1) is 34.2. The number of hydrogen-bond donors (Lipinski definition) is 0. The summed E-state index contributed by atoms with van der Waals surface area (Å²) in [6.45, 7) is 4.72. The summed E-state index contributed by atoms with van der Waals surface area (Å²) in [6.07, 6.45) is 0. The molecule has 10 aromatic rings. The van der Waals surface area contributed by atoms with Crippen molar-refractivity contribution in [2.24, 2.45) is 0 Å². The van der Waals surface area contributed by atoms with Gasteiger partial charge in [-0.25, -0.2) is 0 Å². The van der Waals surface area contributed by atoms with E-state index >= 15 is 0 Å². The summed E-state index contributed by atoms with van der Waals surface area (Å²) in [5.74, 6) is 0.753. The fourth-order valence-electron chi connectivity index (χ4n) is 10.5. The Hall–Kier alpha value is -6.82. The van der Waals surface area contributed by atoms with Crippen LogP contribution in [0.3, 0.4) is 0 Å². The van der Waals surface area contributed by atoms with Gasteiger partial charge in [-0.3, -0.25) is 0 Å². The van der Waals surface area contributed by atoms with Crippen LogP contribution >= 0.6 is 0 Å². The van der Waals surface area contributed by atoms with E-state index in [9.17, 15) is 0 Å². The number of para-hydroxylation sites is 1. The molecule has 3 nitrogen and oxygen atoms in total. The Morgan fingerprint density at radius 1 is 0.458 bits per heavy atom. The van der Waals surface area contributed by atoms with Gasteiger partial charge in [-0.15, -0.1) is 0 Å². The Balaban J connectivity index is 1.09. The van der Waals surface area contributed by atoms with Crippen molar-refractivity contribution in [1.82, 2.24) is 14.5 Å². The van der Waals surface area contributed by atoms with Gasteiger partial charge in [0.2, 0.25) is 0 Å². The normalized spacial score (nSPS) is 14.2. The van der Waals surface area contributed by atoms with Gasteiger partial charge in [-0.2, -0.15) is 0 Å². The molecule has 2 aliphatic rings. The van der Waals surface area contributed by atoms with E-state index in [0.29, 0.717) is 0 Å². The van der Waals surface area contributed by atoms with E-state index in [1.165, 1.54) is 72.9 Å². The summed E-state index contributed by atoms with van der Waals surface area (Å²) < 4.78 is 7.77. The predicted molar refractivity (Wildman–Crippen MR) is 247 cm³/mol. The van der Waals surface area contributed by atoms with E-state index in [2.05, 4.69) is 219 Å². The van der Waals surface area contributed by atoms with Gasteiger partial charge in [-0.1, -0.05) is 38.1 Å². The van der Waals surface area contributed by atoms with Gasteiger partial charge < -0.3 is 0 Å². The fourth-order valence-corrected chi connectivity index (χ4v) is 21.0. The second kappa shape index (κ2) is 12.8. The van der Waals surface area contributed by atoms with E-state index in [0.717, 1.165) is 28.3 Å². The van der Waals surface area contributed by atoms with E-state index < -0.39 is 13.3 Å². The van der Waals surface area contributed by atoms with Gasteiger partial charge in [0, 0.05) is 5.41 Å². The quantitative estimate of drug-likeness (QED) is 0.162. The summed E-state index contributed by atoms with van der Waals surface area (Å²) in [4.78, 5) is 11.3. The van der Waals surface area contributed by atoms with Crippen molar-refractivity contribution < 1.29 is 0 Å². The van der Waals surface area contributed by atoms with Crippen LogP contribution in [0, 0.1) is 0 Å². The summed E-state index contributed by atoms with van der Waals surface area (Å²) in [6, 6.07) is 73.5. The molecule has 0 radical (unpaired) electrons. The zero-order valence-corrected chi connectivity index (χ0v) is 35.0. The van der Waals surface area contributed by atoms with Crippen LogP contribution in [0.25, 0.3) is 72.4 Å². The third-order valence-corrected chi connectivity index (χ3v) is 23.0. The zero-order valence-electron chi connectivity index (χ0n) is 32.9.